The van der Waals surface area contributed by atoms with Crippen LogP contribution < -0.4 is 27.0 Å². The molecule has 1 heterocycles. The van der Waals surface area contributed by atoms with Crippen molar-refractivity contribution in [1.29, 1.82) is 0 Å². The van der Waals surface area contributed by atoms with Crippen LogP contribution in [-0.4, -0.2) is 43.3 Å². The number of nitrogens with one attached hydrogen (secondary N) is 2. The van der Waals surface area contributed by atoms with E-state index in [9.17, 15) is 14.4 Å². The number of guanidine groups is 1. The summed E-state index contributed by atoms with van der Waals surface area (Å²) in [5.74, 6) is 0.422. The Morgan fingerprint density at radius 2 is 1.54 bits per heavy atom. The van der Waals surface area contributed by atoms with Crippen LogP contribution in [0.5, 0.6) is 0 Å². The zero-order chi connectivity index (χ0) is 33.6. The molecule has 4 aromatic carbocycles. The molecule has 0 bridgehead atoms. The first-order valence-electron chi connectivity index (χ1n) is 16.6. The predicted molar refractivity (Wildman–Crippen MR) is 193 cm³/mol. The van der Waals surface area contributed by atoms with Gasteiger partial charge in [0.25, 0.3) is 11.8 Å². The van der Waals surface area contributed by atoms with Crippen molar-refractivity contribution >= 4 is 57.4 Å². The van der Waals surface area contributed by atoms with Crippen LogP contribution in [-0.2, 0) is 17.6 Å². The Hall–Kier alpha value is -4.89. The summed E-state index contributed by atoms with van der Waals surface area (Å²) in [6.07, 6.45) is 5.86. The number of aryl methyl sites for hydroxylation is 1. The summed E-state index contributed by atoms with van der Waals surface area (Å²) in [5.41, 5.74) is 15.4. The molecule has 4 aromatic rings. The number of benzene rings is 4. The zero-order valence-electron chi connectivity index (χ0n) is 26.9. The second-order valence-corrected chi connectivity index (χ2v) is 13.2. The normalized spacial score (nSPS) is 17.3. The number of hydrogen-bond acceptors (Lipinski definition) is 5. The van der Waals surface area contributed by atoms with E-state index >= 15 is 0 Å². The molecule has 248 valence electrons. The van der Waals surface area contributed by atoms with Gasteiger partial charge in [-0.15, -0.1) is 0 Å². The van der Waals surface area contributed by atoms with Gasteiger partial charge in [0.1, 0.15) is 0 Å². The number of imide groups is 1. The molecule has 0 aromatic heterocycles. The summed E-state index contributed by atoms with van der Waals surface area (Å²) in [6, 6.07) is 24.3. The Balaban J connectivity index is 1.09. The third-order valence-corrected chi connectivity index (χ3v) is 9.70. The lowest BCUT2D eigenvalue weighted by atomic mass is 9.82. The molecule has 1 aliphatic heterocycles. The highest BCUT2D eigenvalue weighted by Crippen LogP contribution is 2.37. The van der Waals surface area contributed by atoms with E-state index in [1.807, 2.05) is 66.7 Å². The zero-order valence-corrected chi connectivity index (χ0v) is 27.6. The highest BCUT2D eigenvalue weighted by Gasteiger charge is 2.34. The van der Waals surface area contributed by atoms with Crippen molar-refractivity contribution in [2.24, 2.45) is 28.3 Å². The van der Waals surface area contributed by atoms with Crippen LogP contribution in [0.15, 0.2) is 83.9 Å². The van der Waals surface area contributed by atoms with Gasteiger partial charge >= 0.3 is 0 Å². The molecule has 1 fully saturated rings. The summed E-state index contributed by atoms with van der Waals surface area (Å²) in [7, 11) is 0. The van der Waals surface area contributed by atoms with E-state index in [2.05, 4.69) is 15.6 Å². The van der Waals surface area contributed by atoms with Gasteiger partial charge in [0.15, 0.2) is 5.96 Å². The summed E-state index contributed by atoms with van der Waals surface area (Å²) >= 11 is 5.95. The summed E-state index contributed by atoms with van der Waals surface area (Å²) in [4.78, 5) is 45.7. The van der Waals surface area contributed by atoms with E-state index in [0.29, 0.717) is 71.4 Å². The van der Waals surface area contributed by atoms with Crippen LogP contribution in [0.1, 0.15) is 63.9 Å². The molecule has 1 saturated carbocycles. The molecule has 2 aliphatic rings. The van der Waals surface area contributed by atoms with Crippen LogP contribution in [0.4, 0.5) is 11.4 Å². The Labute approximate surface area is 285 Å². The van der Waals surface area contributed by atoms with Crippen molar-refractivity contribution < 1.29 is 14.4 Å². The number of amides is 3. The van der Waals surface area contributed by atoms with Crippen LogP contribution in [0.25, 0.3) is 10.8 Å². The highest BCUT2D eigenvalue weighted by atomic mass is 35.5. The molecule has 6 N–H and O–H groups in total. The van der Waals surface area contributed by atoms with Crippen molar-refractivity contribution in [3.8, 4) is 0 Å². The topological polar surface area (TPSA) is 143 Å². The number of rotatable bonds is 12. The number of nitrogens with zero attached hydrogens (tertiary/aromatic N) is 2. The highest BCUT2D eigenvalue weighted by molar-refractivity contribution is 6.36. The quantitative estimate of drug-likeness (QED) is 0.0822. The lowest BCUT2D eigenvalue weighted by Gasteiger charge is -2.29. The van der Waals surface area contributed by atoms with E-state index in [-0.39, 0.29) is 23.7 Å². The van der Waals surface area contributed by atoms with E-state index < -0.39 is 0 Å². The number of carbonyl (C=O) groups is 3. The lowest BCUT2D eigenvalue weighted by Crippen LogP contribution is -2.40. The van der Waals surface area contributed by atoms with Gasteiger partial charge in [-0.2, -0.15) is 0 Å². The molecule has 10 heteroatoms. The second-order valence-electron chi connectivity index (χ2n) is 12.8. The summed E-state index contributed by atoms with van der Waals surface area (Å²) in [6.45, 7) is 2.03. The molecule has 0 atom stereocenters. The Morgan fingerprint density at radius 3 is 2.29 bits per heavy atom. The first kappa shape index (κ1) is 33.0. The SMILES string of the molecule is NC(N)=NCC1CCC(CNc2ccc3c4c(cccc24)C(=O)N(c2cccc(CCC(=O)NCCc4ccc(Cl)cc4)c2)C3=O)CC1. The largest absolute Gasteiger partial charge is 0.384 e. The maximum Gasteiger partial charge on any atom is 0.265 e. The number of hydrogen-bond donors (Lipinski definition) is 4. The molecule has 0 radical (unpaired) electrons. The standard InChI is InChI=1S/C38H41ClN6O3/c39-28-14-11-24(12-15-28)19-20-42-34(46)18-13-25-3-1-4-29(21-25)45-36(47)31-6-2-5-30-33(17-16-32(35(30)31)37(45)48)43-22-26-7-9-27(10-8-26)23-44-38(40)41/h1-6,11-12,14-17,21,26-27,43H,7-10,13,18-20,22-23H2,(H,42,46)(H4,40,41,44). The van der Waals surface area contributed by atoms with Gasteiger partial charge in [-0.1, -0.05) is 48.0 Å². The van der Waals surface area contributed by atoms with Gasteiger partial charge in [0.05, 0.1) is 5.69 Å². The summed E-state index contributed by atoms with van der Waals surface area (Å²) in [5, 5.41) is 8.80. The van der Waals surface area contributed by atoms with Gasteiger partial charge in [0.2, 0.25) is 5.91 Å². The fraction of sp³-hybridized carbons (Fsp3) is 0.316. The molecule has 9 nitrogen and oxygen atoms in total. The minimum Gasteiger partial charge on any atom is -0.384 e. The average molecular weight is 665 g/mol. The van der Waals surface area contributed by atoms with E-state index in [1.165, 1.54) is 4.90 Å². The minimum absolute atomic E-state index is 0.0555. The van der Waals surface area contributed by atoms with Gasteiger partial charge in [0, 0.05) is 58.7 Å². The number of carbonyl (C=O) groups excluding carboxylic acids is 3. The maximum atomic E-state index is 13.9. The molecule has 0 spiro atoms. The molecule has 3 amide bonds. The number of halogens is 1. The van der Waals surface area contributed by atoms with Crippen molar-refractivity contribution in [2.75, 3.05) is 29.9 Å². The first-order chi connectivity index (χ1) is 23.3. The van der Waals surface area contributed by atoms with Crippen molar-refractivity contribution in [3.63, 3.8) is 0 Å². The molecule has 0 unspecified atom stereocenters. The number of nitrogens with two attached hydrogens (primary N) is 2. The Bertz CT molecular complexity index is 1820. The minimum atomic E-state index is -0.355. The van der Waals surface area contributed by atoms with E-state index in [4.69, 9.17) is 23.1 Å². The van der Waals surface area contributed by atoms with Gasteiger partial charge in [-0.3, -0.25) is 19.4 Å². The summed E-state index contributed by atoms with van der Waals surface area (Å²) < 4.78 is 0. The van der Waals surface area contributed by atoms with Crippen LogP contribution in [0.2, 0.25) is 5.02 Å². The monoisotopic (exact) mass is 664 g/mol. The first-order valence-corrected chi connectivity index (χ1v) is 17.0. The Morgan fingerprint density at radius 1 is 0.833 bits per heavy atom. The van der Waals surface area contributed by atoms with E-state index in [0.717, 1.165) is 54.4 Å². The van der Waals surface area contributed by atoms with E-state index in [1.54, 1.807) is 12.1 Å². The molecular formula is C38H41ClN6O3. The smallest absolute Gasteiger partial charge is 0.265 e. The molecule has 0 saturated heterocycles. The third-order valence-electron chi connectivity index (χ3n) is 9.45. The van der Waals surface area contributed by atoms with Crippen molar-refractivity contribution in [2.45, 2.75) is 44.9 Å². The predicted octanol–water partition coefficient (Wildman–Crippen LogP) is 6.08. The average Bonchev–Trinajstić information content (AvgIpc) is 3.09. The molecular weight excluding hydrogens is 624 g/mol. The van der Waals surface area contributed by atoms with Crippen molar-refractivity contribution in [3.05, 3.63) is 106 Å². The maximum absolute atomic E-state index is 13.9. The lowest BCUT2D eigenvalue weighted by molar-refractivity contribution is -0.121. The molecule has 1 aliphatic carbocycles. The Kier molecular flexibility index (Phi) is 10.3. The fourth-order valence-corrected chi connectivity index (χ4v) is 6.91. The number of anilines is 2. The molecule has 48 heavy (non-hydrogen) atoms. The van der Waals surface area contributed by atoms with Crippen LogP contribution in [0.3, 0.4) is 0 Å². The van der Waals surface area contributed by atoms with Crippen LogP contribution >= 0.6 is 11.6 Å². The van der Waals surface area contributed by atoms with Crippen LogP contribution in [0, 0.1) is 11.8 Å². The van der Waals surface area contributed by atoms with Gasteiger partial charge in [-0.05, 0) is 104 Å². The third kappa shape index (κ3) is 7.63. The fourth-order valence-electron chi connectivity index (χ4n) is 6.79. The second kappa shape index (κ2) is 14.9. The van der Waals surface area contributed by atoms with Crippen molar-refractivity contribution in [1.82, 2.24) is 5.32 Å². The van der Waals surface area contributed by atoms with Gasteiger partial charge < -0.3 is 22.1 Å². The molecule has 6 rings (SSSR count). The number of aliphatic imine (C=N–C) groups is 1. The van der Waals surface area contributed by atoms with Gasteiger partial charge in [-0.25, -0.2) is 4.90 Å².